The third-order valence-electron chi connectivity index (χ3n) is 3.62. The Balaban J connectivity index is 1.85. The molecular weight excluding hydrogens is 292 g/mol. The predicted molar refractivity (Wildman–Crippen MR) is 85.3 cm³/mol. The maximum absolute atomic E-state index is 12.5. The first-order valence-electron chi connectivity index (χ1n) is 7.34. The van der Waals surface area contributed by atoms with Gasteiger partial charge in [-0.25, -0.2) is 9.67 Å². The van der Waals surface area contributed by atoms with Gasteiger partial charge < -0.3 is 9.32 Å². The highest BCUT2D eigenvalue weighted by Crippen LogP contribution is 2.15. The maximum atomic E-state index is 12.5. The number of hydrogen-bond acceptors (Lipinski definition) is 4. The van der Waals surface area contributed by atoms with Gasteiger partial charge in [0.25, 0.3) is 5.91 Å². The first-order chi connectivity index (χ1) is 11.1. The van der Waals surface area contributed by atoms with Crippen molar-refractivity contribution in [1.82, 2.24) is 19.7 Å². The number of para-hydroxylation sites is 1. The molecule has 2 heterocycles. The Kier molecular flexibility index (Phi) is 3.97. The third kappa shape index (κ3) is 3.01. The Morgan fingerprint density at radius 1 is 1.22 bits per heavy atom. The van der Waals surface area contributed by atoms with Crippen molar-refractivity contribution in [3.05, 3.63) is 65.6 Å². The van der Waals surface area contributed by atoms with Crippen molar-refractivity contribution in [1.29, 1.82) is 0 Å². The average Bonchev–Trinajstić information content (AvgIpc) is 3.17. The summed E-state index contributed by atoms with van der Waals surface area (Å²) in [6.07, 6.45) is 1.59. The van der Waals surface area contributed by atoms with Crippen molar-refractivity contribution < 1.29 is 9.21 Å². The Bertz CT molecular complexity index is 821. The van der Waals surface area contributed by atoms with E-state index < -0.39 is 0 Å². The van der Waals surface area contributed by atoms with E-state index in [0.717, 1.165) is 17.0 Å². The van der Waals surface area contributed by atoms with Gasteiger partial charge >= 0.3 is 0 Å². The smallest absolute Gasteiger partial charge is 0.293 e. The van der Waals surface area contributed by atoms with Crippen LogP contribution in [0.3, 0.4) is 0 Å². The maximum Gasteiger partial charge on any atom is 0.293 e. The molecule has 23 heavy (non-hydrogen) atoms. The van der Waals surface area contributed by atoms with Crippen LogP contribution in [0.25, 0.3) is 5.69 Å². The first-order valence-corrected chi connectivity index (χ1v) is 7.34. The van der Waals surface area contributed by atoms with Crippen molar-refractivity contribution in [2.24, 2.45) is 0 Å². The monoisotopic (exact) mass is 310 g/mol. The van der Waals surface area contributed by atoms with Gasteiger partial charge in [0.15, 0.2) is 0 Å². The number of aromatic nitrogens is 3. The highest BCUT2D eigenvalue weighted by molar-refractivity contribution is 5.90. The van der Waals surface area contributed by atoms with Crippen LogP contribution in [0.1, 0.15) is 27.8 Å². The Hall–Kier alpha value is -2.89. The summed E-state index contributed by atoms with van der Waals surface area (Å²) in [6, 6.07) is 11.5. The molecule has 0 aliphatic carbocycles. The van der Waals surface area contributed by atoms with E-state index in [1.807, 2.05) is 44.2 Å². The van der Waals surface area contributed by atoms with Gasteiger partial charge in [-0.05, 0) is 37.6 Å². The second-order valence-electron chi connectivity index (χ2n) is 5.42. The first kappa shape index (κ1) is 15.0. The van der Waals surface area contributed by atoms with Gasteiger partial charge in [-0.2, -0.15) is 0 Å². The number of benzene rings is 1. The zero-order valence-electron chi connectivity index (χ0n) is 13.4. The number of hydrogen-bond donors (Lipinski definition) is 0. The Morgan fingerprint density at radius 2 is 2.00 bits per heavy atom. The van der Waals surface area contributed by atoms with Gasteiger partial charge in [-0.3, -0.25) is 4.79 Å². The molecule has 1 aromatic carbocycles. The second-order valence-corrected chi connectivity index (χ2v) is 5.42. The van der Waals surface area contributed by atoms with E-state index in [4.69, 9.17) is 4.42 Å². The van der Waals surface area contributed by atoms with Crippen LogP contribution in [0.4, 0.5) is 0 Å². The molecule has 0 saturated carbocycles. The van der Waals surface area contributed by atoms with Gasteiger partial charge in [0, 0.05) is 7.05 Å². The predicted octanol–water partition coefficient (Wildman–Crippen LogP) is 2.75. The van der Waals surface area contributed by atoms with Crippen LogP contribution in [0.5, 0.6) is 0 Å². The summed E-state index contributed by atoms with van der Waals surface area (Å²) in [5.41, 5.74) is 1.99. The lowest BCUT2D eigenvalue weighted by Crippen LogP contribution is -2.27. The molecule has 0 radical (unpaired) electrons. The van der Waals surface area contributed by atoms with E-state index in [9.17, 15) is 4.79 Å². The van der Waals surface area contributed by atoms with Crippen molar-refractivity contribution in [3.8, 4) is 5.69 Å². The van der Waals surface area contributed by atoms with Gasteiger partial charge in [0.2, 0.25) is 5.82 Å². The molecule has 1 amide bonds. The van der Waals surface area contributed by atoms with Crippen LogP contribution in [-0.4, -0.2) is 32.6 Å². The summed E-state index contributed by atoms with van der Waals surface area (Å²) < 4.78 is 6.96. The lowest BCUT2D eigenvalue weighted by molar-refractivity contribution is 0.0763. The number of carbonyl (C=O) groups is 1. The number of amides is 1. The minimum Gasteiger partial charge on any atom is -0.467 e. The Morgan fingerprint density at radius 3 is 2.70 bits per heavy atom. The standard InChI is InChI=1S/C17H18N4O2/c1-12-7-4-5-9-15(12)21-13(2)18-16(19-21)17(22)20(3)11-14-8-6-10-23-14/h4-10H,11H2,1-3H3. The van der Waals surface area contributed by atoms with Crippen LogP contribution in [0.15, 0.2) is 47.1 Å². The minimum atomic E-state index is -0.239. The zero-order valence-corrected chi connectivity index (χ0v) is 13.4. The molecule has 6 heteroatoms. The molecule has 2 aromatic heterocycles. The van der Waals surface area contributed by atoms with Gasteiger partial charge in [0.05, 0.1) is 18.5 Å². The fraction of sp³-hybridized carbons (Fsp3) is 0.235. The average molecular weight is 310 g/mol. The molecule has 0 bridgehead atoms. The van der Waals surface area contributed by atoms with E-state index in [1.165, 1.54) is 4.90 Å². The van der Waals surface area contributed by atoms with E-state index in [2.05, 4.69) is 10.1 Å². The topological polar surface area (TPSA) is 64.2 Å². The fourth-order valence-corrected chi connectivity index (χ4v) is 2.39. The van der Waals surface area contributed by atoms with E-state index in [0.29, 0.717) is 12.4 Å². The summed E-state index contributed by atoms with van der Waals surface area (Å²) in [7, 11) is 1.70. The van der Waals surface area contributed by atoms with Crippen LogP contribution < -0.4 is 0 Å². The van der Waals surface area contributed by atoms with Gasteiger partial charge in [-0.1, -0.05) is 18.2 Å². The van der Waals surface area contributed by atoms with Crippen LogP contribution in [-0.2, 0) is 6.54 Å². The molecule has 0 aliphatic rings. The fourth-order valence-electron chi connectivity index (χ4n) is 2.39. The molecule has 0 unspecified atom stereocenters. The van der Waals surface area contributed by atoms with Crippen LogP contribution >= 0.6 is 0 Å². The summed E-state index contributed by atoms with van der Waals surface area (Å²) in [4.78, 5) is 18.3. The van der Waals surface area contributed by atoms with Crippen molar-refractivity contribution in [3.63, 3.8) is 0 Å². The van der Waals surface area contributed by atoms with Crippen LogP contribution in [0, 0.1) is 13.8 Å². The third-order valence-corrected chi connectivity index (χ3v) is 3.62. The SMILES string of the molecule is Cc1ccccc1-n1nc(C(=O)N(C)Cc2ccco2)nc1C. The largest absolute Gasteiger partial charge is 0.467 e. The highest BCUT2D eigenvalue weighted by atomic mass is 16.3. The summed E-state index contributed by atoms with van der Waals surface area (Å²) in [5, 5.41) is 4.37. The van der Waals surface area contributed by atoms with Gasteiger partial charge in [0.1, 0.15) is 11.6 Å². The summed E-state index contributed by atoms with van der Waals surface area (Å²) in [5.74, 6) is 1.33. The van der Waals surface area contributed by atoms with E-state index >= 15 is 0 Å². The molecule has 3 aromatic rings. The molecule has 0 N–H and O–H groups in total. The summed E-state index contributed by atoms with van der Waals surface area (Å²) >= 11 is 0. The zero-order chi connectivity index (χ0) is 16.4. The summed E-state index contributed by atoms with van der Waals surface area (Å²) in [6.45, 7) is 4.22. The number of aryl methyl sites for hydroxylation is 2. The molecule has 0 fully saturated rings. The van der Waals surface area contributed by atoms with Crippen molar-refractivity contribution >= 4 is 5.91 Å². The minimum absolute atomic E-state index is 0.180. The number of nitrogens with zero attached hydrogens (tertiary/aromatic N) is 4. The van der Waals surface area contributed by atoms with Crippen molar-refractivity contribution in [2.45, 2.75) is 20.4 Å². The molecular formula is C17H18N4O2. The molecule has 0 aliphatic heterocycles. The van der Waals surface area contributed by atoms with E-state index in [-0.39, 0.29) is 11.7 Å². The number of rotatable bonds is 4. The number of furan rings is 1. The lowest BCUT2D eigenvalue weighted by Gasteiger charge is -2.13. The molecule has 118 valence electrons. The van der Waals surface area contributed by atoms with Crippen LogP contribution in [0.2, 0.25) is 0 Å². The van der Waals surface area contributed by atoms with Gasteiger partial charge in [-0.15, -0.1) is 5.10 Å². The molecule has 3 rings (SSSR count). The second kappa shape index (κ2) is 6.08. The molecule has 6 nitrogen and oxygen atoms in total. The van der Waals surface area contributed by atoms with Crippen molar-refractivity contribution in [2.75, 3.05) is 7.05 Å². The van der Waals surface area contributed by atoms with E-state index in [1.54, 1.807) is 24.1 Å². The molecule has 0 saturated heterocycles. The number of carbonyl (C=O) groups excluding carboxylic acids is 1. The lowest BCUT2D eigenvalue weighted by atomic mass is 10.2. The molecule has 0 spiro atoms. The molecule has 0 atom stereocenters. The highest BCUT2D eigenvalue weighted by Gasteiger charge is 2.20. The normalized spacial score (nSPS) is 10.7. The Labute approximate surface area is 134 Å². The quantitative estimate of drug-likeness (QED) is 0.743.